The number of hydrogen-bond acceptors (Lipinski definition) is 3. The van der Waals surface area contributed by atoms with Crippen LogP contribution in [0.3, 0.4) is 0 Å². The molecule has 0 saturated carbocycles. The minimum atomic E-state index is -0.419. The Morgan fingerprint density at radius 2 is 1.95 bits per heavy atom. The van der Waals surface area contributed by atoms with E-state index < -0.39 is 5.60 Å². The summed E-state index contributed by atoms with van der Waals surface area (Å²) in [6.45, 7) is 3.89. The largest absolute Gasteiger partial charge is 0.454 e. The highest BCUT2D eigenvalue weighted by molar-refractivity contribution is 5.70. The lowest BCUT2D eigenvalue weighted by atomic mass is 9.84. The molecule has 1 aliphatic heterocycles. The molecule has 3 nitrogen and oxygen atoms in total. The van der Waals surface area contributed by atoms with E-state index >= 15 is 0 Å². The molecular weight excluding hydrogens is 238 g/mol. The van der Waals surface area contributed by atoms with Crippen LogP contribution in [0.1, 0.15) is 44.6 Å². The summed E-state index contributed by atoms with van der Waals surface area (Å²) >= 11 is 0. The molecule has 1 saturated heterocycles. The molecular formula is C16H23NO2. The van der Waals surface area contributed by atoms with Crippen molar-refractivity contribution in [1.29, 1.82) is 0 Å². The number of hydrogen-bond donors (Lipinski definition) is 1. The van der Waals surface area contributed by atoms with Crippen LogP contribution in [0.25, 0.3) is 0 Å². The fourth-order valence-corrected chi connectivity index (χ4v) is 2.61. The molecule has 1 heterocycles. The number of carbonyl (C=O) groups is 1. The van der Waals surface area contributed by atoms with Crippen molar-refractivity contribution in [2.24, 2.45) is 0 Å². The molecule has 2 rings (SSSR count). The normalized spacial score (nSPS) is 17.9. The number of unbranched alkanes of at least 4 members (excludes halogenated alkanes) is 1. The fourth-order valence-electron chi connectivity index (χ4n) is 2.61. The number of rotatable bonds is 5. The van der Waals surface area contributed by atoms with Crippen LogP contribution >= 0.6 is 0 Å². The van der Waals surface area contributed by atoms with Crippen LogP contribution in [0.2, 0.25) is 0 Å². The molecule has 0 amide bonds. The maximum Gasteiger partial charge on any atom is 0.306 e. The van der Waals surface area contributed by atoms with E-state index in [1.165, 1.54) is 0 Å². The molecule has 19 heavy (non-hydrogen) atoms. The maximum absolute atomic E-state index is 12.0. The van der Waals surface area contributed by atoms with Crippen LogP contribution in [0.5, 0.6) is 0 Å². The first-order valence-electron chi connectivity index (χ1n) is 7.25. The van der Waals surface area contributed by atoms with E-state index in [-0.39, 0.29) is 5.97 Å². The summed E-state index contributed by atoms with van der Waals surface area (Å²) in [5.41, 5.74) is 0.707. The average molecular weight is 261 g/mol. The Balaban J connectivity index is 2.13. The van der Waals surface area contributed by atoms with Gasteiger partial charge in [0, 0.05) is 19.3 Å². The lowest BCUT2D eigenvalue weighted by Crippen LogP contribution is -2.43. The Bertz CT molecular complexity index is 396. The van der Waals surface area contributed by atoms with Crippen molar-refractivity contribution >= 4 is 5.97 Å². The molecule has 1 aromatic rings. The molecule has 1 aromatic carbocycles. The lowest BCUT2D eigenvalue weighted by molar-refractivity contribution is -0.164. The topological polar surface area (TPSA) is 38.3 Å². The standard InChI is InChI=1S/C16H23NO2/c1-2-3-9-15(18)19-16(10-12-17-13-11-16)14-7-5-4-6-8-14/h4-8,17H,2-3,9-13H2,1H3. The summed E-state index contributed by atoms with van der Waals surface area (Å²) in [6, 6.07) is 10.2. The molecule has 0 atom stereocenters. The number of carbonyl (C=O) groups excluding carboxylic acids is 1. The van der Waals surface area contributed by atoms with Crippen molar-refractivity contribution < 1.29 is 9.53 Å². The van der Waals surface area contributed by atoms with E-state index in [0.717, 1.165) is 44.3 Å². The summed E-state index contributed by atoms with van der Waals surface area (Å²) in [4.78, 5) is 12.0. The van der Waals surface area contributed by atoms with Crippen molar-refractivity contribution in [3.8, 4) is 0 Å². The minimum Gasteiger partial charge on any atom is -0.454 e. The number of ether oxygens (including phenoxy) is 1. The molecule has 3 heteroatoms. The summed E-state index contributed by atoms with van der Waals surface area (Å²) < 4.78 is 5.89. The molecule has 1 N–H and O–H groups in total. The summed E-state index contributed by atoms with van der Waals surface area (Å²) in [5.74, 6) is -0.0624. The number of nitrogens with one attached hydrogen (secondary N) is 1. The molecule has 0 unspecified atom stereocenters. The van der Waals surface area contributed by atoms with Gasteiger partial charge in [0.1, 0.15) is 5.60 Å². The highest BCUT2D eigenvalue weighted by Crippen LogP contribution is 2.35. The molecule has 0 spiro atoms. The van der Waals surface area contributed by atoms with Gasteiger partial charge in [-0.2, -0.15) is 0 Å². The van der Waals surface area contributed by atoms with Gasteiger partial charge in [0.2, 0.25) is 0 Å². The van der Waals surface area contributed by atoms with Crippen LogP contribution in [-0.2, 0) is 15.1 Å². The zero-order valence-electron chi connectivity index (χ0n) is 11.7. The van der Waals surface area contributed by atoms with Gasteiger partial charge in [-0.1, -0.05) is 43.7 Å². The predicted octanol–water partition coefficient (Wildman–Crippen LogP) is 3.00. The van der Waals surface area contributed by atoms with Gasteiger partial charge in [0.25, 0.3) is 0 Å². The third-order valence-electron chi connectivity index (χ3n) is 3.75. The van der Waals surface area contributed by atoms with Crippen LogP contribution < -0.4 is 5.32 Å². The van der Waals surface area contributed by atoms with E-state index in [1.807, 2.05) is 18.2 Å². The van der Waals surface area contributed by atoms with E-state index in [4.69, 9.17) is 4.74 Å². The molecule has 0 bridgehead atoms. The number of benzene rings is 1. The first-order valence-corrected chi connectivity index (χ1v) is 7.25. The SMILES string of the molecule is CCCCC(=O)OC1(c2ccccc2)CCNCC1. The molecule has 0 radical (unpaired) electrons. The van der Waals surface area contributed by atoms with E-state index in [9.17, 15) is 4.79 Å². The van der Waals surface area contributed by atoms with Crippen LogP contribution in [0.4, 0.5) is 0 Å². The molecule has 1 fully saturated rings. The quantitative estimate of drug-likeness (QED) is 0.828. The second kappa shape index (κ2) is 6.71. The van der Waals surface area contributed by atoms with Gasteiger partial charge in [-0.25, -0.2) is 0 Å². The predicted molar refractivity (Wildman–Crippen MR) is 75.8 cm³/mol. The second-order valence-corrected chi connectivity index (χ2v) is 5.19. The van der Waals surface area contributed by atoms with Gasteiger partial charge in [0.05, 0.1) is 0 Å². The maximum atomic E-state index is 12.0. The van der Waals surface area contributed by atoms with Gasteiger partial charge >= 0.3 is 5.97 Å². The van der Waals surface area contributed by atoms with Gasteiger partial charge in [0.15, 0.2) is 0 Å². The average Bonchev–Trinajstić information content (AvgIpc) is 2.47. The fraction of sp³-hybridized carbons (Fsp3) is 0.562. The summed E-state index contributed by atoms with van der Waals surface area (Å²) in [7, 11) is 0. The van der Waals surface area contributed by atoms with Crippen molar-refractivity contribution in [2.45, 2.75) is 44.6 Å². The molecule has 1 aliphatic rings. The van der Waals surface area contributed by atoms with E-state index in [2.05, 4.69) is 24.4 Å². The first kappa shape index (κ1) is 14.1. The highest BCUT2D eigenvalue weighted by Gasteiger charge is 2.37. The van der Waals surface area contributed by atoms with Gasteiger partial charge in [-0.05, 0) is 25.1 Å². The van der Waals surface area contributed by atoms with Crippen molar-refractivity contribution in [3.05, 3.63) is 35.9 Å². The van der Waals surface area contributed by atoms with Crippen molar-refractivity contribution in [2.75, 3.05) is 13.1 Å². The highest BCUT2D eigenvalue weighted by atomic mass is 16.6. The smallest absolute Gasteiger partial charge is 0.306 e. The number of esters is 1. The van der Waals surface area contributed by atoms with Gasteiger partial charge < -0.3 is 10.1 Å². The molecule has 0 aliphatic carbocycles. The lowest BCUT2D eigenvalue weighted by Gasteiger charge is -2.37. The van der Waals surface area contributed by atoms with E-state index in [0.29, 0.717) is 6.42 Å². The van der Waals surface area contributed by atoms with Gasteiger partial charge in [-0.3, -0.25) is 4.79 Å². The Labute approximate surface area is 115 Å². The summed E-state index contributed by atoms with van der Waals surface area (Å²) in [6.07, 6.45) is 4.17. The van der Waals surface area contributed by atoms with Crippen molar-refractivity contribution in [1.82, 2.24) is 5.32 Å². The van der Waals surface area contributed by atoms with Gasteiger partial charge in [-0.15, -0.1) is 0 Å². The monoisotopic (exact) mass is 261 g/mol. The zero-order valence-corrected chi connectivity index (χ0v) is 11.7. The molecule has 0 aromatic heterocycles. The van der Waals surface area contributed by atoms with Crippen molar-refractivity contribution in [3.63, 3.8) is 0 Å². The van der Waals surface area contributed by atoms with E-state index in [1.54, 1.807) is 0 Å². The van der Waals surface area contributed by atoms with Crippen LogP contribution in [0.15, 0.2) is 30.3 Å². The first-order chi connectivity index (χ1) is 9.27. The minimum absolute atomic E-state index is 0.0624. The summed E-state index contributed by atoms with van der Waals surface area (Å²) in [5, 5.41) is 3.33. The Hall–Kier alpha value is -1.35. The van der Waals surface area contributed by atoms with Crippen LogP contribution in [0, 0.1) is 0 Å². The molecule has 104 valence electrons. The Morgan fingerprint density at radius 1 is 1.26 bits per heavy atom. The Morgan fingerprint density at radius 3 is 2.58 bits per heavy atom. The third-order valence-corrected chi connectivity index (χ3v) is 3.75. The second-order valence-electron chi connectivity index (χ2n) is 5.19. The third kappa shape index (κ3) is 3.57. The number of piperidine rings is 1. The Kier molecular flexibility index (Phi) is 4.97. The zero-order chi connectivity index (χ0) is 13.6. The van der Waals surface area contributed by atoms with Crippen LogP contribution in [-0.4, -0.2) is 19.1 Å².